The smallest absolute Gasteiger partial charge is 0.246 e. The number of fused-ring (bicyclic) bond motifs is 1. The standard InChI is InChI=1S/C18H19N5O3S/c1-11(24)19-13-4-2-5-14-12(13)7-8-23(14)10-16(25)20-18-22-21-17(27-18)15-6-3-9-26-15/h2,4-5,7-8,15H,3,6,9-10H2,1H3,(H,19,24)(H,20,22,25)/t15-/m0/s1. The summed E-state index contributed by atoms with van der Waals surface area (Å²) in [7, 11) is 0. The number of hydrogen-bond donors (Lipinski definition) is 2. The van der Waals surface area contributed by atoms with E-state index in [1.807, 2.05) is 35.0 Å². The molecule has 2 aromatic heterocycles. The number of carbonyl (C=O) groups excluding carboxylic acids is 2. The van der Waals surface area contributed by atoms with E-state index in [0.717, 1.165) is 41.0 Å². The van der Waals surface area contributed by atoms with Gasteiger partial charge < -0.3 is 14.6 Å². The Balaban J connectivity index is 1.46. The SMILES string of the molecule is CC(=O)Nc1cccc2c1ccn2CC(=O)Nc1nnc([C@@H]2CCCO2)s1. The Labute approximate surface area is 159 Å². The van der Waals surface area contributed by atoms with Crippen LogP contribution in [0.25, 0.3) is 10.9 Å². The fourth-order valence-electron chi connectivity index (χ4n) is 3.16. The fraction of sp³-hybridized carbons (Fsp3) is 0.333. The second kappa shape index (κ2) is 7.45. The van der Waals surface area contributed by atoms with Crippen LogP contribution >= 0.6 is 11.3 Å². The highest BCUT2D eigenvalue weighted by molar-refractivity contribution is 7.15. The number of hydrogen-bond acceptors (Lipinski definition) is 6. The topological polar surface area (TPSA) is 98.1 Å². The van der Waals surface area contributed by atoms with E-state index in [-0.39, 0.29) is 24.5 Å². The van der Waals surface area contributed by atoms with E-state index in [2.05, 4.69) is 20.8 Å². The lowest BCUT2D eigenvalue weighted by atomic mass is 10.2. The molecule has 2 amide bonds. The number of aromatic nitrogens is 3. The van der Waals surface area contributed by atoms with Gasteiger partial charge in [0, 0.05) is 25.1 Å². The predicted molar refractivity (Wildman–Crippen MR) is 103 cm³/mol. The predicted octanol–water partition coefficient (Wildman–Crippen LogP) is 2.94. The number of nitrogens with zero attached hydrogens (tertiary/aromatic N) is 3. The molecule has 1 aliphatic rings. The number of rotatable bonds is 5. The van der Waals surface area contributed by atoms with Gasteiger partial charge in [-0.15, -0.1) is 10.2 Å². The van der Waals surface area contributed by atoms with Crippen molar-refractivity contribution < 1.29 is 14.3 Å². The normalized spacial score (nSPS) is 16.6. The monoisotopic (exact) mass is 385 g/mol. The second-order valence-corrected chi connectivity index (χ2v) is 7.37. The summed E-state index contributed by atoms with van der Waals surface area (Å²) in [6, 6.07) is 7.48. The summed E-state index contributed by atoms with van der Waals surface area (Å²) in [5.41, 5.74) is 1.60. The zero-order valence-corrected chi connectivity index (χ0v) is 15.6. The maximum atomic E-state index is 12.4. The van der Waals surface area contributed by atoms with E-state index in [9.17, 15) is 9.59 Å². The Bertz CT molecular complexity index is 990. The van der Waals surface area contributed by atoms with Crippen LogP contribution in [-0.2, 0) is 20.9 Å². The Morgan fingerprint density at radius 3 is 2.96 bits per heavy atom. The van der Waals surface area contributed by atoms with Crippen molar-refractivity contribution in [1.29, 1.82) is 0 Å². The molecule has 140 valence electrons. The van der Waals surface area contributed by atoms with Gasteiger partial charge in [0.05, 0.1) is 11.2 Å². The third-order valence-electron chi connectivity index (χ3n) is 4.33. The lowest BCUT2D eigenvalue weighted by Gasteiger charge is -2.07. The summed E-state index contributed by atoms with van der Waals surface area (Å²) in [4.78, 5) is 23.8. The van der Waals surface area contributed by atoms with Crippen LogP contribution in [0.15, 0.2) is 30.5 Å². The van der Waals surface area contributed by atoms with E-state index >= 15 is 0 Å². The van der Waals surface area contributed by atoms with Gasteiger partial charge in [0.15, 0.2) is 0 Å². The van der Waals surface area contributed by atoms with Crippen molar-refractivity contribution in [2.24, 2.45) is 0 Å². The average Bonchev–Trinajstić information content (AvgIpc) is 3.35. The molecular formula is C18H19N5O3S. The third-order valence-corrected chi connectivity index (χ3v) is 5.26. The summed E-state index contributed by atoms with van der Waals surface area (Å²) in [5, 5.41) is 15.9. The zero-order valence-electron chi connectivity index (χ0n) is 14.8. The van der Waals surface area contributed by atoms with E-state index in [1.165, 1.54) is 18.3 Å². The Hall–Kier alpha value is -2.78. The number of amides is 2. The molecule has 0 unspecified atom stereocenters. The molecule has 8 nitrogen and oxygen atoms in total. The molecule has 27 heavy (non-hydrogen) atoms. The van der Waals surface area contributed by atoms with Crippen LogP contribution in [0.5, 0.6) is 0 Å². The molecule has 3 heterocycles. The van der Waals surface area contributed by atoms with E-state index in [0.29, 0.717) is 5.13 Å². The molecule has 1 aromatic carbocycles. The number of carbonyl (C=O) groups is 2. The van der Waals surface area contributed by atoms with Gasteiger partial charge in [-0.25, -0.2) is 0 Å². The minimum Gasteiger partial charge on any atom is -0.371 e. The van der Waals surface area contributed by atoms with E-state index in [4.69, 9.17) is 4.74 Å². The first-order valence-corrected chi connectivity index (χ1v) is 9.52. The van der Waals surface area contributed by atoms with E-state index in [1.54, 1.807) is 0 Å². The van der Waals surface area contributed by atoms with Gasteiger partial charge in [-0.1, -0.05) is 17.4 Å². The highest BCUT2D eigenvalue weighted by atomic mass is 32.1. The number of nitrogens with one attached hydrogen (secondary N) is 2. The molecular weight excluding hydrogens is 366 g/mol. The van der Waals surface area contributed by atoms with Crippen molar-refractivity contribution >= 4 is 44.9 Å². The maximum absolute atomic E-state index is 12.4. The summed E-state index contributed by atoms with van der Waals surface area (Å²) < 4.78 is 7.42. The molecule has 0 radical (unpaired) electrons. The van der Waals surface area contributed by atoms with Crippen molar-refractivity contribution in [3.63, 3.8) is 0 Å². The zero-order chi connectivity index (χ0) is 18.8. The van der Waals surface area contributed by atoms with Gasteiger partial charge in [0.25, 0.3) is 0 Å². The van der Waals surface area contributed by atoms with E-state index < -0.39 is 0 Å². The van der Waals surface area contributed by atoms with Gasteiger partial charge in [0.2, 0.25) is 16.9 Å². The largest absolute Gasteiger partial charge is 0.371 e. The molecule has 4 rings (SSSR count). The Morgan fingerprint density at radius 1 is 1.30 bits per heavy atom. The highest BCUT2D eigenvalue weighted by Gasteiger charge is 2.22. The lowest BCUT2D eigenvalue weighted by Crippen LogP contribution is -2.18. The quantitative estimate of drug-likeness (QED) is 0.704. The summed E-state index contributed by atoms with van der Waals surface area (Å²) in [6.45, 7) is 2.35. The van der Waals surface area contributed by atoms with Crippen molar-refractivity contribution in [3.8, 4) is 0 Å². The molecule has 1 atom stereocenters. The summed E-state index contributed by atoms with van der Waals surface area (Å²) in [6.07, 6.45) is 3.78. The van der Waals surface area contributed by atoms with Gasteiger partial charge in [-0.05, 0) is 31.0 Å². The molecule has 1 saturated heterocycles. The molecule has 0 spiro atoms. The van der Waals surface area contributed by atoms with Crippen LogP contribution in [0.4, 0.5) is 10.8 Å². The maximum Gasteiger partial charge on any atom is 0.246 e. The van der Waals surface area contributed by atoms with Gasteiger partial charge in [-0.2, -0.15) is 0 Å². The summed E-state index contributed by atoms with van der Waals surface area (Å²) >= 11 is 1.35. The van der Waals surface area contributed by atoms with Crippen molar-refractivity contribution in [2.75, 3.05) is 17.2 Å². The molecule has 0 aliphatic carbocycles. The van der Waals surface area contributed by atoms with Gasteiger partial charge in [-0.3, -0.25) is 14.9 Å². The van der Waals surface area contributed by atoms with Crippen molar-refractivity contribution in [1.82, 2.24) is 14.8 Å². The molecule has 3 aromatic rings. The minimum atomic E-state index is -0.188. The fourth-order valence-corrected chi connectivity index (χ4v) is 4.00. The number of anilines is 2. The van der Waals surface area contributed by atoms with Crippen molar-refractivity contribution in [3.05, 3.63) is 35.5 Å². The first-order chi connectivity index (χ1) is 13.1. The molecule has 9 heteroatoms. The Kier molecular flexibility index (Phi) is 4.87. The minimum absolute atomic E-state index is 0.00579. The van der Waals surface area contributed by atoms with Crippen LogP contribution in [0.3, 0.4) is 0 Å². The Morgan fingerprint density at radius 2 is 2.19 bits per heavy atom. The van der Waals surface area contributed by atoms with Gasteiger partial charge >= 0.3 is 0 Å². The first-order valence-electron chi connectivity index (χ1n) is 8.70. The average molecular weight is 385 g/mol. The van der Waals surface area contributed by atoms with Crippen LogP contribution in [0, 0.1) is 0 Å². The van der Waals surface area contributed by atoms with Gasteiger partial charge in [0.1, 0.15) is 17.7 Å². The lowest BCUT2D eigenvalue weighted by molar-refractivity contribution is -0.116. The number of benzene rings is 1. The first kappa shape index (κ1) is 17.6. The summed E-state index contributed by atoms with van der Waals surface area (Å²) in [5.74, 6) is -0.321. The van der Waals surface area contributed by atoms with Crippen molar-refractivity contribution in [2.45, 2.75) is 32.4 Å². The molecule has 0 saturated carbocycles. The molecule has 2 N–H and O–H groups in total. The second-order valence-electron chi connectivity index (χ2n) is 6.36. The number of ether oxygens (including phenoxy) is 1. The van der Waals surface area contributed by atoms with Crippen LogP contribution in [0.2, 0.25) is 0 Å². The highest BCUT2D eigenvalue weighted by Crippen LogP contribution is 2.32. The third kappa shape index (κ3) is 3.83. The van der Waals surface area contributed by atoms with Crippen LogP contribution < -0.4 is 10.6 Å². The molecule has 0 bridgehead atoms. The van der Waals surface area contributed by atoms with Crippen LogP contribution in [0.1, 0.15) is 30.9 Å². The molecule has 1 fully saturated rings. The van der Waals surface area contributed by atoms with Crippen LogP contribution in [-0.4, -0.2) is 33.2 Å². The molecule has 1 aliphatic heterocycles.